The molecule has 1 aromatic carbocycles. The fourth-order valence-electron chi connectivity index (χ4n) is 3.08. The van der Waals surface area contributed by atoms with Crippen LogP contribution in [-0.4, -0.2) is 33.4 Å². The van der Waals surface area contributed by atoms with Gasteiger partial charge in [-0.2, -0.15) is 0 Å². The van der Waals surface area contributed by atoms with Gasteiger partial charge in [0.2, 0.25) is 0 Å². The van der Waals surface area contributed by atoms with Gasteiger partial charge in [0, 0.05) is 25.2 Å². The van der Waals surface area contributed by atoms with Crippen molar-refractivity contribution in [1.82, 2.24) is 5.32 Å². The smallest absolute Gasteiger partial charge is 0.122 e. The lowest BCUT2D eigenvalue weighted by atomic mass is 9.73. The summed E-state index contributed by atoms with van der Waals surface area (Å²) in [5.41, 5.74) is 2.75. The van der Waals surface area contributed by atoms with Crippen LogP contribution in [0.5, 0.6) is 5.75 Å². The van der Waals surface area contributed by atoms with Gasteiger partial charge in [0.15, 0.2) is 0 Å². The number of nitrogens with one attached hydrogen (secondary N) is 1. The largest absolute Gasteiger partial charge is 0.496 e. The van der Waals surface area contributed by atoms with Gasteiger partial charge >= 0.3 is 0 Å². The van der Waals surface area contributed by atoms with Crippen LogP contribution in [0.25, 0.3) is 0 Å². The Balaban J connectivity index is 2.22. The van der Waals surface area contributed by atoms with Crippen molar-refractivity contribution >= 4 is 0 Å². The first-order chi connectivity index (χ1) is 10.1. The molecule has 0 aromatic heterocycles. The molecule has 118 valence electrons. The molecule has 21 heavy (non-hydrogen) atoms. The Morgan fingerprint density at radius 1 is 1.29 bits per heavy atom. The van der Waals surface area contributed by atoms with Crippen LogP contribution in [-0.2, 0) is 10.2 Å². The first-order valence-corrected chi connectivity index (χ1v) is 8.01. The number of aryl methyl sites for hydroxylation is 1. The molecule has 1 N–H and O–H groups in total. The Hall–Kier alpha value is -1.06. The fourth-order valence-corrected chi connectivity index (χ4v) is 3.08. The Morgan fingerprint density at radius 2 is 2.00 bits per heavy atom. The molecule has 0 spiro atoms. The number of hydrogen-bond acceptors (Lipinski definition) is 3. The van der Waals surface area contributed by atoms with E-state index >= 15 is 0 Å². The predicted octanol–water partition coefficient (Wildman–Crippen LogP) is 3.30. The van der Waals surface area contributed by atoms with Crippen LogP contribution in [0.1, 0.15) is 37.8 Å². The highest BCUT2D eigenvalue weighted by Gasteiger charge is 2.34. The van der Waals surface area contributed by atoms with Crippen LogP contribution >= 0.6 is 0 Å². The van der Waals surface area contributed by atoms with Crippen LogP contribution in [0, 0.1) is 12.8 Å². The van der Waals surface area contributed by atoms with E-state index in [0.717, 1.165) is 44.9 Å². The van der Waals surface area contributed by atoms with Gasteiger partial charge in [0.05, 0.1) is 7.11 Å². The monoisotopic (exact) mass is 291 g/mol. The molecule has 0 atom stereocenters. The van der Waals surface area contributed by atoms with Gasteiger partial charge in [0.25, 0.3) is 0 Å². The summed E-state index contributed by atoms with van der Waals surface area (Å²) in [6.07, 6.45) is 2.15. The third-order valence-electron chi connectivity index (χ3n) is 4.49. The summed E-state index contributed by atoms with van der Waals surface area (Å²) in [5, 5.41) is 3.65. The van der Waals surface area contributed by atoms with Gasteiger partial charge < -0.3 is 14.8 Å². The predicted molar refractivity (Wildman–Crippen MR) is 87.2 cm³/mol. The Labute approximate surface area is 129 Å². The second-order valence-corrected chi connectivity index (χ2v) is 6.60. The highest BCUT2D eigenvalue weighted by molar-refractivity contribution is 5.40. The van der Waals surface area contributed by atoms with Crippen molar-refractivity contribution in [1.29, 1.82) is 0 Å². The molecular formula is C18H29NO2. The maximum atomic E-state index is 5.59. The zero-order valence-corrected chi connectivity index (χ0v) is 13.9. The molecule has 1 saturated heterocycles. The Morgan fingerprint density at radius 3 is 2.62 bits per heavy atom. The highest BCUT2D eigenvalue weighted by Crippen LogP contribution is 2.36. The van der Waals surface area contributed by atoms with Crippen molar-refractivity contribution in [3.05, 3.63) is 29.3 Å². The second-order valence-electron chi connectivity index (χ2n) is 6.60. The van der Waals surface area contributed by atoms with Crippen molar-refractivity contribution in [2.75, 3.05) is 33.4 Å². The molecule has 1 aliphatic rings. The van der Waals surface area contributed by atoms with E-state index < -0.39 is 0 Å². The second kappa shape index (κ2) is 7.28. The van der Waals surface area contributed by atoms with Crippen LogP contribution in [0.2, 0.25) is 0 Å². The summed E-state index contributed by atoms with van der Waals surface area (Å²) in [4.78, 5) is 0. The van der Waals surface area contributed by atoms with E-state index in [9.17, 15) is 0 Å². The minimum Gasteiger partial charge on any atom is -0.496 e. The molecule has 0 unspecified atom stereocenters. The van der Waals surface area contributed by atoms with Crippen LogP contribution in [0.4, 0.5) is 0 Å². The molecule has 1 aliphatic heterocycles. The van der Waals surface area contributed by atoms with Crippen LogP contribution < -0.4 is 10.1 Å². The van der Waals surface area contributed by atoms with Gasteiger partial charge in [-0.1, -0.05) is 26.0 Å². The summed E-state index contributed by atoms with van der Waals surface area (Å²) < 4.78 is 11.1. The van der Waals surface area contributed by atoms with Gasteiger partial charge in [-0.15, -0.1) is 0 Å². The number of hydrogen-bond donors (Lipinski definition) is 1. The molecule has 1 fully saturated rings. The molecule has 0 radical (unpaired) electrons. The third kappa shape index (κ3) is 3.98. The fraction of sp³-hybridized carbons (Fsp3) is 0.667. The molecule has 2 rings (SSSR count). The van der Waals surface area contributed by atoms with E-state index in [1.165, 1.54) is 11.1 Å². The quantitative estimate of drug-likeness (QED) is 0.872. The van der Waals surface area contributed by atoms with Crippen molar-refractivity contribution in [3.63, 3.8) is 0 Å². The maximum absolute atomic E-state index is 5.59. The van der Waals surface area contributed by atoms with Crippen molar-refractivity contribution < 1.29 is 9.47 Å². The van der Waals surface area contributed by atoms with Crippen molar-refractivity contribution in [2.45, 2.75) is 39.0 Å². The maximum Gasteiger partial charge on any atom is 0.122 e. The molecule has 3 nitrogen and oxygen atoms in total. The van der Waals surface area contributed by atoms with Crippen molar-refractivity contribution in [2.24, 2.45) is 5.92 Å². The minimum atomic E-state index is 0.175. The van der Waals surface area contributed by atoms with Crippen LogP contribution in [0.3, 0.4) is 0 Å². The van der Waals surface area contributed by atoms with Crippen LogP contribution in [0.15, 0.2) is 18.2 Å². The summed E-state index contributed by atoms with van der Waals surface area (Å²) in [7, 11) is 1.75. The Bertz CT molecular complexity index is 451. The highest BCUT2D eigenvalue weighted by atomic mass is 16.5. The minimum absolute atomic E-state index is 0.175. The van der Waals surface area contributed by atoms with Gasteiger partial charge in [0.1, 0.15) is 5.75 Å². The molecule has 0 aliphatic carbocycles. The lowest BCUT2D eigenvalue weighted by Gasteiger charge is -2.38. The first-order valence-electron chi connectivity index (χ1n) is 8.01. The van der Waals surface area contributed by atoms with Gasteiger partial charge in [-0.05, 0) is 49.4 Å². The van der Waals surface area contributed by atoms with Gasteiger partial charge in [-0.3, -0.25) is 0 Å². The SMILES string of the molecule is COc1cc(C2(CNCC(C)C)CCOCC2)ccc1C. The number of ether oxygens (including phenoxy) is 2. The van der Waals surface area contributed by atoms with E-state index in [1.807, 2.05) is 0 Å². The number of methoxy groups -OCH3 is 1. The average molecular weight is 291 g/mol. The summed E-state index contributed by atoms with van der Waals surface area (Å²) >= 11 is 0. The lowest BCUT2D eigenvalue weighted by molar-refractivity contribution is 0.0496. The molecule has 0 amide bonds. The van der Waals surface area contributed by atoms with Crippen molar-refractivity contribution in [3.8, 4) is 5.75 Å². The third-order valence-corrected chi connectivity index (χ3v) is 4.49. The normalized spacial score (nSPS) is 18.0. The molecule has 1 aromatic rings. The first kappa shape index (κ1) is 16.3. The number of benzene rings is 1. The zero-order valence-electron chi connectivity index (χ0n) is 13.9. The number of rotatable bonds is 6. The molecule has 1 heterocycles. The molecule has 3 heteroatoms. The summed E-state index contributed by atoms with van der Waals surface area (Å²) in [6, 6.07) is 6.66. The van der Waals surface area contributed by atoms with E-state index in [1.54, 1.807) is 7.11 Å². The molecular weight excluding hydrogens is 262 g/mol. The standard InChI is InChI=1S/C18H29NO2/c1-14(2)12-19-13-18(7-9-21-10-8-18)16-6-5-15(3)17(11-16)20-4/h5-6,11,14,19H,7-10,12-13H2,1-4H3. The zero-order chi connectivity index (χ0) is 15.3. The Kier molecular flexibility index (Phi) is 5.65. The van der Waals surface area contributed by atoms with E-state index in [2.05, 4.69) is 44.3 Å². The topological polar surface area (TPSA) is 30.5 Å². The van der Waals surface area contributed by atoms with Gasteiger partial charge in [-0.25, -0.2) is 0 Å². The average Bonchev–Trinajstić information content (AvgIpc) is 2.48. The van der Waals surface area contributed by atoms with E-state index in [4.69, 9.17) is 9.47 Å². The molecule has 0 bridgehead atoms. The van der Waals surface area contributed by atoms with E-state index in [0.29, 0.717) is 5.92 Å². The van der Waals surface area contributed by atoms with E-state index in [-0.39, 0.29) is 5.41 Å². The summed E-state index contributed by atoms with van der Waals surface area (Å²) in [6.45, 7) is 10.4. The lowest BCUT2D eigenvalue weighted by Crippen LogP contribution is -2.43. The molecule has 0 saturated carbocycles. The summed E-state index contributed by atoms with van der Waals surface area (Å²) in [5.74, 6) is 1.66.